The van der Waals surface area contributed by atoms with Crippen LogP contribution in [-0.2, 0) is 18.4 Å². The van der Waals surface area contributed by atoms with Gasteiger partial charge in [-0.2, -0.15) is 5.10 Å². The molecule has 2 rings (SSSR count). The quantitative estimate of drug-likeness (QED) is 0.424. The Hall–Kier alpha value is -1.83. The molecule has 8 heteroatoms. The number of amides is 1. The Morgan fingerprint density at radius 1 is 1.29 bits per heavy atom. The molecular weight excluding hydrogens is 326 g/mol. The molecule has 0 saturated carbocycles. The Kier molecular flexibility index (Phi) is 6.84. The lowest BCUT2D eigenvalue weighted by Gasteiger charge is -2.10. The highest BCUT2D eigenvalue weighted by atomic mass is 32.2. The van der Waals surface area contributed by atoms with Gasteiger partial charge in [0.1, 0.15) is 5.52 Å². The molecule has 24 heavy (non-hydrogen) atoms. The molecule has 2 aromatic rings. The molecule has 0 radical (unpaired) electrons. The Bertz CT molecular complexity index is 753. The summed E-state index contributed by atoms with van der Waals surface area (Å²) in [6.45, 7) is 5.26. The number of carbonyl (C=O) groups excluding carboxylic acids is 1. The van der Waals surface area contributed by atoms with E-state index in [4.69, 9.17) is 0 Å². The van der Waals surface area contributed by atoms with Crippen molar-refractivity contribution >= 4 is 28.7 Å². The van der Waals surface area contributed by atoms with Gasteiger partial charge in [0.2, 0.25) is 5.91 Å². The summed E-state index contributed by atoms with van der Waals surface area (Å²) >= 11 is 1.29. The molecule has 2 aromatic heterocycles. The lowest BCUT2D eigenvalue weighted by Crippen LogP contribution is -2.27. The number of aromatic nitrogens is 4. The van der Waals surface area contributed by atoms with Crippen molar-refractivity contribution < 1.29 is 4.79 Å². The summed E-state index contributed by atoms with van der Waals surface area (Å²) in [6, 6.07) is 0. The molecule has 1 amide bonds. The van der Waals surface area contributed by atoms with Crippen molar-refractivity contribution in [2.45, 2.75) is 51.2 Å². The summed E-state index contributed by atoms with van der Waals surface area (Å²) in [7, 11) is 1.73. The predicted octanol–water partition coefficient (Wildman–Crippen LogP) is 1.94. The fourth-order valence-corrected chi connectivity index (χ4v) is 3.38. The second kappa shape index (κ2) is 8.86. The first-order valence-electron chi connectivity index (χ1n) is 8.40. The van der Waals surface area contributed by atoms with E-state index < -0.39 is 0 Å². The summed E-state index contributed by atoms with van der Waals surface area (Å²) < 4.78 is 3.12. The number of nitrogens with one attached hydrogen (secondary N) is 1. The molecule has 2 heterocycles. The first kappa shape index (κ1) is 18.5. The van der Waals surface area contributed by atoms with E-state index in [-0.39, 0.29) is 17.2 Å². The van der Waals surface area contributed by atoms with Crippen molar-refractivity contribution in [3.05, 3.63) is 16.6 Å². The van der Waals surface area contributed by atoms with Gasteiger partial charge in [-0.3, -0.25) is 18.8 Å². The van der Waals surface area contributed by atoms with Crippen LogP contribution in [0, 0.1) is 0 Å². The highest BCUT2D eigenvalue weighted by Gasteiger charge is 2.14. The Labute approximate surface area is 145 Å². The van der Waals surface area contributed by atoms with E-state index in [1.807, 2.05) is 6.92 Å². The lowest BCUT2D eigenvalue weighted by atomic mass is 10.2. The van der Waals surface area contributed by atoms with Crippen molar-refractivity contribution in [3.63, 3.8) is 0 Å². The summed E-state index contributed by atoms with van der Waals surface area (Å²) in [6.07, 6.45) is 6.10. The van der Waals surface area contributed by atoms with Crippen LogP contribution in [0.1, 0.15) is 39.5 Å². The summed E-state index contributed by atoms with van der Waals surface area (Å²) in [5, 5.41) is 7.56. The zero-order valence-corrected chi connectivity index (χ0v) is 15.4. The third-order valence-corrected chi connectivity index (χ3v) is 4.79. The first-order valence-corrected chi connectivity index (χ1v) is 9.39. The summed E-state index contributed by atoms with van der Waals surface area (Å²) in [5.41, 5.74) is 0.932. The van der Waals surface area contributed by atoms with Gasteiger partial charge in [-0.05, 0) is 13.3 Å². The molecule has 0 saturated heterocycles. The molecule has 0 bridgehead atoms. The van der Waals surface area contributed by atoms with E-state index >= 15 is 0 Å². The molecule has 0 aromatic carbocycles. The molecule has 0 atom stereocenters. The Balaban J connectivity index is 1.99. The van der Waals surface area contributed by atoms with Gasteiger partial charge in [0, 0.05) is 20.1 Å². The molecule has 132 valence electrons. The topological polar surface area (TPSA) is 81.8 Å². The van der Waals surface area contributed by atoms with Crippen LogP contribution < -0.4 is 10.9 Å². The molecule has 0 aliphatic carbocycles. The highest BCUT2D eigenvalue weighted by Crippen LogP contribution is 2.17. The maximum absolute atomic E-state index is 12.5. The largest absolute Gasteiger partial charge is 0.355 e. The number of aryl methyl sites for hydroxylation is 1. The van der Waals surface area contributed by atoms with Crippen molar-refractivity contribution in [1.82, 2.24) is 24.6 Å². The van der Waals surface area contributed by atoms with Crippen LogP contribution in [0.5, 0.6) is 0 Å². The second-order valence-electron chi connectivity index (χ2n) is 5.65. The monoisotopic (exact) mass is 351 g/mol. The van der Waals surface area contributed by atoms with Crippen LogP contribution in [0.2, 0.25) is 0 Å². The number of thioether (sulfide) groups is 1. The summed E-state index contributed by atoms with van der Waals surface area (Å²) in [4.78, 5) is 28.9. The Morgan fingerprint density at radius 2 is 2.08 bits per heavy atom. The molecule has 0 fully saturated rings. The SMILES string of the molecule is CCCCCCNC(=O)CSc1nc2cnn(C)c2c(=O)n1CC. The van der Waals surface area contributed by atoms with Gasteiger partial charge in [-0.25, -0.2) is 4.98 Å². The minimum absolute atomic E-state index is 0.0281. The van der Waals surface area contributed by atoms with E-state index in [9.17, 15) is 9.59 Å². The number of carbonyl (C=O) groups is 1. The fraction of sp³-hybridized carbons (Fsp3) is 0.625. The first-order chi connectivity index (χ1) is 11.6. The normalized spacial score (nSPS) is 11.1. The van der Waals surface area contributed by atoms with Crippen molar-refractivity contribution in [1.29, 1.82) is 0 Å². The van der Waals surface area contributed by atoms with Crippen LogP contribution in [0.15, 0.2) is 16.1 Å². The van der Waals surface area contributed by atoms with Gasteiger partial charge in [-0.1, -0.05) is 37.9 Å². The van der Waals surface area contributed by atoms with Gasteiger partial charge < -0.3 is 5.32 Å². The molecule has 0 aliphatic heterocycles. The number of hydrogen-bond donors (Lipinski definition) is 1. The minimum Gasteiger partial charge on any atom is -0.355 e. The van der Waals surface area contributed by atoms with Gasteiger partial charge in [0.05, 0.1) is 11.9 Å². The van der Waals surface area contributed by atoms with Crippen LogP contribution in [0.3, 0.4) is 0 Å². The number of rotatable bonds is 9. The average Bonchev–Trinajstić information content (AvgIpc) is 2.94. The highest BCUT2D eigenvalue weighted by molar-refractivity contribution is 7.99. The number of hydrogen-bond acceptors (Lipinski definition) is 5. The molecule has 7 nitrogen and oxygen atoms in total. The number of unbranched alkanes of at least 4 members (excludes halogenated alkanes) is 3. The van der Waals surface area contributed by atoms with Crippen LogP contribution in [0.4, 0.5) is 0 Å². The zero-order valence-electron chi connectivity index (χ0n) is 14.5. The molecule has 0 aliphatic rings. The minimum atomic E-state index is -0.120. The van der Waals surface area contributed by atoms with Crippen LogP contribution in [0.25, 0.3) is 11.0 Å². The number of nitrogens with zero attached hydrogens (tertiary/aromatic N) is 4. The van der Waals surface area contributed by atoms with E-state index in [1.165, 1.54) is 29.3 Å². The maximum Gasteiger partial charge on any atom is 0.280 e. The molecule has 1 N–H and O–H groups in total. The Morgan fingerprint density at radius 3 is 2.79 bits per heavy atom. The van der Waals surface area contributed by atoms with Gasteiger partial charge >= 0.3 is 0 Å². The van der Waals surface area contributed by atoms with E-state index in [1.54, 1.807) is 17.8 Å². The third-order valence-electron chi connectivity index (χ3n) is 3.82. The molecular formula is C16H25N5O2S. The fourth-order valence-electron chi connectivity index (χ4n) is 2.48. The van der Waals surface area contributed by atoms with Crippen molar-refractivity contribution in [2.75, 3.05) is 12.3 Å². The standard InChI is InChI=1S/C16H25N5O2S/c1-4-6-7-8-9-17-13(22)11-24-16-19-12-10-18-20(3)14(12)15(23)21(16)5-2/h10H,4-9,11H2,1-3H3,(H,17,22). The third kappa shape index (κ3) is 4.37. The van der Waals surface area contributed by atoms with E-state index in [0.29, 0.717) is 29.3 Å². The number of fused-ring (bicyclic) bond motifs is 1. The van der Waals surface area contributed by atoms with E-state index in [0.717, 1.165) is 12.8 Å². The van der Waals surface area contributed by atoms with Crippen molar-refractivity contribution in [2.24, 2.45) is 7.05 Å². The maximum atomic E-state index is 12.5. The van der Waals surface area contributed by atoms with Gasteiger partial charge in [-0.15, -0.1) is 0 Å². The molecule has 0 unspecified atom stereocenters. The smallest absolute Gasteiger partial charge is 0.280 e. The van der Waals surface area contributed by atoms with Crippen LogP contribution in [-0.4, -0.2) is 37.5 Å². The molecule has 0 spiro atoms. The zero-order chi connectivity index (χ0) is 17.5. The summed E-state index contributed by atoms with van der Waals surface area (Å²) in [5.74, 6) is 0.228. The van der Waals surface area contributed by atoms with E-state index in [2.05, 4.69) is 22.3 Å². The lowest BCUT2D eigenvalue weighted by molar-refractivity contribution is -0.118. The van der Waals surface area contributed by atoms with Gasteiger partial charge in [0.15, 0.2) is 10.7 Å². The van der Waals surface area contributed by atoms with Crippen LogP contribution >= 0.6 is 11.8 Å². The average molecular weight is 351 g/mol. The predicted molar refractivity (Wildman–Crippen MR) is 96.3 cm³/mol. The second-order valence-corrected chi connectivity index (χ2v) is 6.59. The van der Waals surface area contributed by atoms with Crippen molar-refractivity contribution in [3.8, 4) is 0 Å². The van der Waals surface area contributed by atoms with Gasteiger partial charge in [0.25, 0.3) is 5.56 Å².